The zero-order valence-corrected chi connectivity index (χ0v) is 19.3. The molecule has 2 aliphatic rings. The predicted molar refractivity (Wildman–Crippen MR) is 131 cm³/mol. The van der Waals surface area contributed by atoms with Crippen molar-refractivity contribution in [1.29, 1.82) is 0 Å². The van der Waals surface area contributed by atoms with E-state index in [4.69, 9.17) is 4.98 Å². The van der Waals surface area contributed by atoms with Gasteiger partial charge in [-0.05, 0) is 25.9 Å². The zero-order chi connectivity index (χ0) is 21.8. The molecule has 0 aliphatic carbocycles. The number of likely N-dealkylation sites (tertiary alicyclic amines) is 1. The quantitative estimate of drug-likeness (QED) is 0.565. The SMILES string of the molecule is O=C(c1sc(-c2ccccc2)nc1-c1ccccc1)N1CCN(CCN2CCCC2)CC1. The van der Waals surface area contributed by atoms with Crippen LogP contribution in [0.25, 0.3) is 21.8 Å². The topological polar surface area (TPSA) is 39.7 Å². The van der Waals surface area contributed by atoms with Crippen molar-refractivity contribution in [2.75, 3.05) is 52.4 Å². The summed E-state index contributed by atoms with van der Waals surface area (Å²) in [5.41, 5.74) is 2.86. The zero-order valence-electron chi connectivity index (χ0n) is 18.4. The molecule has 5 rings (SSSR count). The summed E-state index contributed by atoms with van der Waals surface area (Å²) in [5.74, 6) is 0.114. The highest BCUT2D eigenvalue weighted by molar-refractivity contribution is 7.17. The van der Waals surface area contributed by atoms with Crippen molar-refractivity contribution in [3.05, 3.63) is 65.5 Å². The maximum atomic E-state index is 13.6. The molecule has 0 atom stereocenters. The minimum absolute atomic E-state index is 0.114. The molecule has 1 aromatic heterocycles. The average Bonchev–Trinajstić information content (AvgIpc) is 3.54. The highest BCUT2D eigenvalue weighted by Crippen LogP contribution is 2.34. The van der Waals surface area contributed by atoms with Crippen molar-refractivity contribution in [3.8, 4) is 21.8 Å². The van der Waals surface area contributed by atoms with Gasteiger partial charge in [-0.2, -0.15) is 0 Å². The lowest BCUT2D eigenvalue weighted by molar-refractivity contribution is 0.0632. The summed E-state index contributed by atoms with van der Waals surface area (Å²) in [5, 5.41) is 0.900. The molecule has 2 saturated heterocycles. The van der Waals surface area contributed by atoms with Crippen LogP contribution in [0.3, 0.4) is 0 Å². The smallest absolute Gasteiger partial charge is 0.266 e. The van der Waals surface area contributed by atoms with Gasteiger partial charge < -0.3 is 9.80 Å². The minimum Gasteiger partial charge on any atom is -0.335 e. The highest BCUT2D eigenvalue weighted by atomic mass is 32.1. The van der Waals surface area contributed by atoms with Crippen LogP contribution in [0.2, 0.25) is 0 Å². The summed E-state index contributed by atoms with van der Waals surface area (Å²) in [6, 6.07) is 20.2. The van der Waals surface area contributed by atoms with Gasteiger partial charge in [0, 0.05) is 50.4 Å². The molecule has 0 spiro atoms. The van der Waals surface area contributed by atoms with Crippen LogP contribution in [0.15, 0.2) is 60.7 Å². The van der Waals surface area contributed by atoms with Gasteiger partial charge in [0.05, 0.1) is 5.69 Å². The summed E-state index contributed by atoms with van der Waals surface area (Å²) in [6.45, 7) is 8.22. The summed E-state index contributed by atoms with van der Waals surface area (Å²) in [6.07, 6.45) is 2.68. The third kappa shape index (κ3) is 4.77. The molecular weight excluding hydrogens is 416 g/mol. The van der Waals surface area contributed by atoms with E-state index < -0.39 is 0 Å². The molecule has 0 saturated carbocycles. The number of nitrogens with zero attached hydrogens (tertiary/aromatic N) is 4. The van der Waals surface area contributed by atoms with Crippen LogP contribution in [-0.4, -0.2) is 77.9 Å². The van der Waals surface area contributed by atoms with E-state index in [-0.39, 0.29) is 5.91 Å². The van der Waals surface area contributed by atoms with E-state index in [1.54, 1.807) is 0 Å². The molecule has 2 fully saturated rings. The highest BCUT2D eigenvalue weighted by Gasteiger charge is 2.27. The molecule has 0 unspecified atom stereocenters. The van der Waals surface area contributed by atoms with Gasteiger partial charge in [0.1, 0.15) is 9.88 Å². The number of thiazole rings is 1. The molecule has 3 aromatic rings. The Bertz CT molecular complexity index is 1020. The molecule has 2 aromatic carbocycles. The molecule has 1 amide bonds. The van der Waals surface area contributed by atoms with Crippen molar-refractivity contribution in [1.82, 2.24) is 19.7 Å². The lowest BCUT2D eigenvalue weighted by Gasteiger charge is -2.35. The third-order valence-electron chi connectivity index (χ3n) is 6.48. The molecule has 6 heteroatoms. The van der Waals surface area contributed by atoms with Gasteiger partial charge in [-0.3, -0.25) is 9.69 Å². The first-order valence-corrected chi connectivity index (χ1v) is 12.5. The lowest BCUT2D eigenvalue weighted by Crippen LogP contribution is -2.50. The molecule has 32 heavy (non-hydrogen) atoms. The second kappa shape index (κ2) is 9.94. The standard InChI is InChI=1S/C26H30N4OS/c31-26(30-19-17-29(18-20-30)16-15-28-13-7-8-14-28)24-23(21-9-3-1-4-10-21)27-25(32-24)22-11-5-2-6-12-22/h1-6,9-12H,7-8,13-20H2. The first-order valence-electron chi connectivity index (χ1n) is 11.6. The van der Waals surface area contributed by atoms with Gasteiger partial charge in [0.2, 0.25) is 0 Å². The van der Waals surface area contributed by atoms with E-state index in [0.29, 0.717) is 0 Å². The second-order valence-electron chi connectivity index (χ2n) is 8.61. The second-order valence-corrected chi connectivity index (χ2v) is 9.61. The number of piperazine rings is 1. The Labute approximate surface area is 194 Å². The maximum Gasteiger partial charge on any atom is 0.266 e. The third-order valence-corrected chi connectivity index (χ3v) is 7.57. The summed E-state index contributed by atoms with van der Waals surface area (Å²) < 4.78 is 0. The number of benzene rings is 2. The Morgan fingerprint density at radius 3 is 1.94 bits per heavy atom. The number of rotatable bonds is 6. The van der Waals surface area contributed by atoms with E-state index in [1.807, 2.05) is 53.4 Å². The van der Waals surface area contributed by atoms with Crippen LogP contribution in [0.4, 0.5) is 0 Å². The number of aromatic nitrogens is 1. The fourth-order valence-electron chi connectivity index (χ4n) is 4.57. The maximum absolute atomic E-state index is 13.6. The Balaban J connectivity index is 1.31. The van der Waals surface area contributed by atoms with Gasteiger partial charge in [-0.15, -0.1) is 11.3 Å². The van der Waals surface area contributed by atoms with Crippen LogP contribution in [0.5, 0.6) is 0 Å². The number of carbonyl (C=O) groups excluding carboxylic acids is 1. The van der Waals surface area contributed by atoms with Gasteiger partial charge in [0.25, 0.3) is 5.91 Å². The molecule has 3 heterocycles. The van der Waals surface area contributed by atoms with E-state index in [9.17, 15) is 4.79 Å². The number of amides is 1. The Morgan fingerprint density at radius 2 is 1.31 bits per heavy atom. The van der Waals surface area contributed by atoms with Crippen molar-refractivity contribution in [2.45, 2.75) is 12.8 Å². The summed E-state index contributed by atoms with van der Waals surface area (Å²) >= 11 is 1.51. The molecule has 0 radical (unpaired) electrons. The van der Waals surface area contributed by atoms with Gasteiger partial charge in [-0.25, -0.2) is 4.98 Å². The number of hydrogen-bond acceptors (Lipinski definition) is 5. The fourth-order valence-corrected chi connectivity index (χ4v) is 5.63. The van der Waals surface area contributed by atoms with Crippen LogP contribution in [0, 0.1) is 0 Å². The van der Waals surface area contributed by atoms with Crippen molar-refractivity contribution >= 4 is 17.2 Å². The molecule has 2 aliphatic heterocycles. The first-order chi connectivity index (χ1) is 15.8. The molecule has 166 valence electrons. The fraction of sp³-hybridized carbons (Fsp3) is 0.385. The molecule has 0 N–H and O–H groups in total. The Kier molecular flexibility index (Phi) is 6.62. The van der Waals surface area contributed by atoms with Crippen LogP contribution < -0.4 is 0 Å². The van der Waals surface area contributed by atoms with Gasteiger partial charge in [-0.1, -0.05) is 60.7 Å². The summed E-state index contributed by atoms with van der Waals surface area (Å²) in [4.78, 5) is 26.3. The van der Waals surface area contributed by atoms with Crippen molar-refractivity contribution in [2.24, 2.45) is 0 Å². The van der Waals surface area contributed by atoms with Crippen LogP contribution >= 0.6 is 11.3 Å². The summed E-state index contributed by atoms with van der Waals surface area (Å²) in [7, 11) is 0. The van der Waals surface area contributed by atoms with E-state index in [2.05, 4.69) is 21.9 Å². The monoisotopic (exact) mass is 446 g/mol. The van der Waals surface area contributed by atoms with Crippen LogP contribution in [-0.2, 0) is 0 Å². The Hall–Kier alpha value is -2.54. The van der Waals surface area contributed by atoms with Gasteiger partial charge >= 0.3 is 0 Å². The van der Waals surface area contributed by atoms with E-state index in [0.717, 1.165) is 66.0 Å². The molecular formula is C26H30N4OS. The minimum atomic E-state index is 0.114. The lowest BCUT2D eigenvalue weighted by atomic mass is 10.1. The largest absolute Gasteiger partial charge is 0.335 e. The number of hydrogen-bond donors (Lipinski definition) is 0. The van der Waals surface area contributed by atoms with E-state index in [1.165, 1.54) is 37.3 Å². The molecule has 5 nitrogen and oxygen atoms in total. The van der Waals surface area contributed by atoms with Crippen LogP contribution in [0.1, 0.15) is 22.5 Å². The number of carbonyl (C=O) groups is 1. The Morgan fingerprint density at radius 1 is 0.750 bits per heavy atom. The normalized spacial score (nSPS) is 17.7. The van der Waals surface area contributed by atoms with Crippen molar-refractivity contribution < 1.29 is 4.79 Å². The predicted octanol–water partition coefficient (Wildman–Crippen LogP) is 4.33. The van der Waals surface area contributed by atoms with E-state index >= 15 is 0 Å². The molecule has 0 bridgehead atoms. The van der Waals surface area contributed by atoms with Crippen molar-refractivity contribution in [3.63, 3.8) is 0 Å². The van der Waals surface area contributed by atoms with Gasteiger partial charge in [0.15, 0.2) is 0 Å². The first kappa shape index (κ1) is 21.3. The average molecular weight is 447 g/mol.